The minimum atomic E-state index is 0.223. The smallest absolute Gasteiger partial charge is 0.147 e. The van der Waals surface area contributed by atoms with Crippen molar-refractivity contribution < 1.29 is 9.28 Å². The Morgan fingerprint density at radius 3 is 2.77 bits per heavy atom. The largest absolute Gasteiger partial charge is 0.320 e. The maximum Gasteiger partial charge on any atom is 0.147 e. The summed E-state index contributed by atoms with van der Waals surface area (Å²) in [5.74, 6) is 0.647. The van der Waals surface area contributed by atoms with E-state index in [9.17, 15) is 4.79 Å². The number of hydrogen-bond donors (Lipinski definition) is 0. The molecule has 0 N–H and O–H groups in total. The van der Waals surface area contributed by atoms with Gasteiger partial charge in [-0.25, -0.2) is 0 Å². The molecule has 0 aliphatic carbocycles. The second-order valence-electron chi connectivity index (χ2n) is 4.55. The Hall–Kier alpha value is -0.630. The molecule has 1 unspecified atom stereocenters. The molecule has 74 valence electrons. The van der Waals surface area contributed by atoms with Crippen molar-refractivity contribution in [3.05, 3.63) is 12.7 Å². The Morgan fingerprint density at radius 2 is 2.23 bits per heavy atom. The predicted molar refractivity (Wildman–Crippen MR) is 54.4 cm³/mol. The van der Waals surface area contributed by atoms with Crippen molar-refractivity contribution in [2.24, 2.45) is 5.92 Å². The number of hydrogen-bond acceptors (Lipinski definition) is 1. The Bertz CT molecular complexity index is 224. The lowest BCUT2D eigenvalue weighted by Gasteiger charge is -2.44. The number of likely N-dealkylation sites (tertiary alicyclic amines) is 1. The van der Waals surface area contributed by atoms with Crippen LogP contribution in [0.5, 0.6) is 0 Å². The summed E-state index contributed by atoms with van der Waals surface area (Å²) in [6, 6.07) is 0.446. The van der Waals surface area contributed by atoms with Gasteiger partial charge in [0.1, 0.15) is 5.78 Å². The number of carbonyl (C=O) groups is 1. The van der Waals surface area contributed by atoms with Gasteiger partial charge in [-0.3, -0.25) is 4.79 Å². The highest BCUT2D eigenvalue weighted by atomic mass is 16.1. The van der Waals surface area contributed by atoms with Gasteiger partial charge in [0, 0.05) is 0 Å². The molecule has 0 bridgehead atoms. The first-order chi connectivity index (χ1) is 5.99. The fraction of sp³-hybridized carbons (Fsp3) is 0.727. The average molecular weight is 182 g/mol. The molecule has 0 radical (unpaired) electrons. The standard InChI is InChI=1S/C11H20NO/c1-5-6-12(4)8-9(2)11(13)7-10(12)3/h5,9-10H,1,6-8H2,2-4H3/q+1/t9-,10-,12?/m1/s1. The highest BCUT2D eigenvalue weighted by molar-refractivity contribution is 5.81. The molecule has 0 aromatic rings. The van der Waals surface area contributed by atoms with Gasteiger partial charge in [0.2, 0.25) is 0 Å². The number of carbonyl (C=O) groups excluding carboxylic acids is 1. The van der Waals surface area contributed by atoms with Crippen LogP contribution in [0.1, 0.15) is 20.3 Å². The Labute approximate surface area is 80.8 Å². The molecule has 0 aromatic carbocycles. The molecule has 2 heteroatoms. The van der Waals surface area contributed by atoms with E-state index in [-0.39, 0.29) is 5.92 Å². The first-order valence-corrected chi connectivity index (χ1v) is 4.97. The summed E-state index contributed by atoms with van der Waals surface area (Å²) >= 11 is 0. The minimum absolute atomic E-state index is 0.223. The zero-order valence-corrected chi connectivity index (χ0v) is 8.92. The van der Waals surface area contributed by atoms with Crippen LogP contribution < -0.4 is 0 Å². The van der Waals surface area contributed by atoms with Crippen LogP contribution in [-0.2, 0) is 4.79 Å². The lowest BCUT2D eigenvalue weighted by atomic mass is 9.91. The minimum Gasteiger partial charge on any atom is -0.320 e. The van der Waals surface area contributed by atoms with Gasteiger partial charge < -0.3 is 4.48 Å². The zero-order valence-electron chi connectivity index (χ0n) is 8.92. The fourth-order valence-corrected chi connectivity index (χ4v) is 2.17. The molecule has 0 saturated carbocycles. The Kier molecular flexibility index (Phi) is 2.91. The van der Waals surface area contributed by atoms with E-state index >= 15 is 0 Å². The van der Waals surface area contributed by atoms with E-state index in [0.29, 0.717) is 11.8 Å². The summed E-state index contributed by atoms with van der Waals surface area (Å²) in [7, 11) is 2.22. The van der Waals surface area contributed by atoms with Gasteiger partial charge in [0.25, 0.3) is 0 Å². The van der Waals surface area contributed by atoms with Crippen LogP contribution in [-0.4, -0.2) is 36.4 Å². The van der Waals surface area contributed by atoms with Crippen molar-refractivity contribution in [1.82, 2.24) is 0 Å². The first-order valence-electron chi connectivity index (χ1n) is 4.97. The van der Waals surface area contributed by atoms with E-state index in [1.165, 1.54) is 0 Å². The van der Waals surface area contributed by atoms with Gasteiger partial charge in [0.05, 0.1) is 38.5 Å². The fourth-order valence-electron chi connectivity index (χ4n) is 2.17. The topological polar surface area (TPSA) is 17.1 Å². The van der Waals surface area contributed by atoms with Crippen LogP contribution in [0.15, 0.2) is 12.7 Å². The molecule has 0 spiro atoms. The monoisotopic (exact) mass is 182 g/mol. The van der Waals surface area contributed by atoms with Crippen molar-refractivity contribution in [1.29, 1.82) is 0 Å². The van der Waals surface area contributed by atoms with Gasteiger partial charge in [-0.15, -0.1) is 0 Å². The Balaban J connectivity index is 2.75. The summed E-state index contributed by atoms with van der Waals surface area (Å²) in [5.41, 5.74) is 0. The van der Waals surface area contributed by atoms with E-state index in [2.05, 4.69) is 20.6 Å². The third-order valence-electron chi connectivity index (χ3n) is 3.35. The molecule has 1 aliphatic rings. The average Bonchev–Trinajstić information content (AvgIpc) is 2.02. The molecule has 0 aromatic heterocycles. The number of piperidine rings is 1. The van der Waals surface area contributed by atoms with E-state index in [1.54, 1.807) is 0 Å². The van der Waals surface area contributed by atoms with Crippen LogP contribution in [0, 0.1) is 5.92 Å². The maximum absolute atomic E-state index is 11.5. The second-order valence-corrected chi connectivity index (χ2v) is 4.55. The number of Topliss-reactive ketones (excluding diaryl/α,β-unsaturated/α-hetero) is 1. The number of rotatable bonds is 2. The van der Waals surface area contributed by atoms with Gasteiger partial charge in [-0.2, -0.15) is 0 Å². The number of ketones is 1. The van der Waals surface area contributed by atoms with Gasteiger partial charge in [-0.05, 0) is 13.0 Å². The molecule has 1 fully saturated rings. The summed E-state index contributed by atoms with van der Waals surface area (Å²) in [6.07, 6.45) is 2.69. The molecular formula is C11H20NO+. The molecule has 1 aliphatic heterocycles. The summed E-state index contributed by atoms with van der Waals surface area (Å²) < 4.78 is 0.969. The van der Waals surface area contributed by atoms with Gasteiger partial charge in [0.15, 0.2) is 0 Å². The second kappa shape index (κ2) is 3.62. The first kappa shape index (κ1) is 10.5. The third kappa shape index (κ3) is 1.99. The molecule has 2 nitrogen and oxygen atoms in total. The van der Waals surface area contributed by atoms with Crippen LogP contribution in [0.3, 0.4) is 0 Å². The Morgan fingerprint density at radius 1 is 1.62 bits per heavy atom. The van der Waals surface area contributed by atoms with Gasteiger partial charge in [-0.1, -0.05) is 13.5 Å². The van der Waals surface area contributed by atoms with E-state index in [1.807, 2.05) is 13.0 Å². The van der Waals surface area contributed by atoms with Crippen molar-refractivity contribution in [2.75, 3.05) is 20.1 Å². The highest BCUT2D eigenvalue weighted by Crippen LogP contribution is 2.24. The van der Waals surface area contributed by atoms with E-state index in [4.69, 9.17) is 0 Å². The number of likely N-dealkylation sites (N-methyl/N-ethyl adjacent to an activating group) is 1. The van der Waals surface area contributed by atoms with E-state index < -0.39 is 0 Å². The van der Waals surface area contributed by atoms with Crippen LogP contribution >= 0.6 is 0 Å². The summed E-state index contributed by atoms with van der Waals surface area (Å²) in [6.45, 7) is 9.91. The summed E-state index contributed by atoms with van der Waals surface area (Å²) in [5, 5.41) is 0. The van der Waals surface area contributed by atoms with Crippen molar-refractivity contribution in [3.63, 3.8) is 0 Å². The molecular weight excluding hydrogens is 162 g/mol. The lowest BCUT2D eigenvalue weighted by molar-refractivity contribution is -0.930. The third-order valence-corrected chi connectivity index (χ3v) is 3.35. The molecule has 0 amide bonds. The quantitative estimate of drug-likeness (QED) is 0.468. The van der Waals surface area contributed by atoms with Crippen LogP contribution in [0.2, 0.25) is 0 Å². The predicted octanol–water partition coefficient (Wildman–Crippen LogP) is 1.62. The van der Waals surface area contributed by atoms with Crippen LogP contribution in [0.25, 0.3) is 0 Å². The molecule has 3 atom stereocenters. The number of nitrogens with zero attached hydrogens (tertiary/aromatic N) is 1. The summed E-state index contributed by atoms with van der Waals surface area (Å²) in [4.78, 5) is 11.5. The van der Waals surface area contributed by atoms with Crippen molar-refractivity contribution >= 4 is 5.78 Å². The van der Waals surface area contributed by atoms with Gasteiger partial charge >= 0.3 is 0 Å². The molecule has 1 saturated heterocycles. The molecule has 1 heterocycles. The SMILES string of the molecule is C=CC[N+]1(C)C[C@@H](C)C(=O)C[C@H]1C. The molecule has 13 heavy (non-hydrogen) atoms. The number of quaternary nitrogens is 1. The van der Waals surface area contributed by atoms with E-state index in [0.717, 1.165) is 24.0 Å². The van der Waals surface area contributed by atoms with Crippen molar-refractivity contribution in [3.8, 4) is 0 Å². The van der Waals surface area contributed by atoms with Crippen LogP contribution in [0.4, 0.5) is 0 Å². The maximum atomic E-state index is 11.5. The lowest BCUT2D eigenvalue weighted by Crippen LogP contribution is -2.58. The highest BCUT2D eigenvalue weighted by Gasteiger charge is 2.38. The zero-order chi connectivity index (χ0) is 10.1. The van der Waals surface area contributed by atoms with Crippen molar-refractivity contribution in [2.45, 2.75) is 26.3 Å². The molecule has 1 rings (SSSR count). The normalized spacial score (nSPS) is 40.4.